The van der Waals surface area contributed by atoms with Crippen LogP contribution in [0.3, 0.4) is 0 Å². The quantitative estimate of drug-likeness (QED) is 0.0930. The van der Waals surface area contributed by atoms with Crippen LogP contribution in [-0.4, -0.2) is 42.1 Å². The van der Waals surface area contributed by atoms with Crippen LogP contribution in [0.2, 0.25) is 0 Å². The van der Waals surface area contributed by atoms with Gasteiger partial charge in [0.05, 0.1) is 23.0 Å². The number of hydrogen-bond donors (Lipinski definition) is 6. The number of fused-ring (bicyclic) bond motifs is 8. The van der Waals surface area contributed by atoms with Gasteiger partial charge in [-0.1, -0.05) is 52.0 Å². The van der Waals surface area contributed by atoms with Crippen molar-refractivity contribution in [3.63, 3.8) is 0 Å². The zero-order chi connectivity index (χ0) is 38.6. The average molecular weight is 725 g/mol. The van der Waals surface area contributed by atoms with Gasteiger partial charge in [-0.05, 0) is 133 Å². The van der Waals surface area contributed by atoms with Gasteiger partial charge in [-0.2, -0.15) is 0 Å². The first kappa shape index (κ1) is 36.8. The first-order valence-corrected chi connectivity index (χ1v) is 19.4. The van der Waals surface area contributed by atoms with Crippen LogP contribution in [0.15, 0.2) is 48.5 Å². The molecule has 54 heavy (non-hydrogen) atoms. The van der Waals surface area contributed by atoms with Gasteiger partial charge in [-0.25, -0.2) is 9.59 Å². The fraction of sp³-hybridized carbons (Fsp3) is 0.348. The number of aromatic amines is 4. The molecule has 0 atom stereocenters. The molecule has 1 aliphatic heterocycles. The van der Waals surface area contributed by atoms with Gasteiger partial charge >= 0.3 is 11.9 Å². The van der Waals surface area contributed by atoms with Crippen molar-refractivity contribution in [3.05, 3.63) is 161 Å². The van der Waals surface area contributed by atoms with Crippen LogP contribution in [0.25, 0.3) is 0 Å². The molecular weight excluding hydrogens is 673 g/mol. The van der Waals surface area contributed by atoms with Crippen LogP contribution in [0.5, 0.6) is 0 Å². The molecule has 280 valence electrons. The molecule has 0 saturated heterocycles. The standard InChI is InChI=1S/C46H52N4O4/c1-9-31-23(5)41-39(27-13-17-29(18-14-27)45(51)52)42-25(7)33(11-3)37(49-42)22-38-34(12-4)26(8)44(50-38)40(28-15-19-30(20-16-28)46(53)54)43-24(6)32(10-2)36(48-43)21-35(31)47-41/h13-20,39-40,47-50H,9-12,21-22H2,1-8H3,(H,51,52)(H,53,54). The van der Waals surface area contributed by atoms with Crippen LogP contribution < -0.4 is 0 Å². The van der Waals surface area contributed by atoms with E-state index in [-0.39, 0.29) is 23.0 Å². The Balaban J connectivity index is 1.54. The second kappa shape index (κ2) is 14.4. The molecule has 6 N–H and O–H groups in total. The molecule has 6 aromatic rings. The highest BCUT2D eigenvalue weighted by molar-refractivity contribution is 5.88. The maximum absolute atomic E-state index is 11.9. The molecule has 8 bridgehead atoms. The Kier molecular flexibility index (Phi) is 9.81. The van der Waals surface area contributed by atoms with Crippen LogP contribution >= 0.6 is 0 Å². The molecule has 0 amide bonds. The largest absolute Gasteiger partial charge is 0.478 e. The van der Waals surface area contributed by atoms with Crippen LogP contribution in [0.1, 0.15) is 161 Å². The minimum atomic E-state index is -0.933. The first-order valence-electron chi connectivity index (χ1n) is 19.4. The van der Waals surface area contributed by atoms with E-state index in [4.69, 9.17) is 0 Å². The molecule has 1 aliphatic rings. The van der Waals surface area contributed by atoms with E-state index >= 15 is 0 Å². The van der Waals surface area contributed by atoms with Crippen molar-refractivity contribution in [2.24, 2.45) is 0 Å². The van der Waals surface area contributed by atoms with Crippen LogP contribution in [0.4, 0.5) is 0 Å². The van der Waals surface area contributed by atoms with E-state index in [0.717, 1.165) is 59.6 Å². The number of rotatable bonds is 8. The van der Waals surface area contributed by atoms with E-state index in [9.17, 15) is 19.8 Å². The highest BCUT2D eigenvalue weighted by Gasteiger charge is 2.32. The molecule has 0 fully saturated rings. The Labute approximate surface area is 317 Å². The summed E-state index contributed by atoms with van der Waals surface area (Å²) in [6.45, 7) is 17.8. The average Bonchev–Trinajstić information content (AvgIpc) is 3.85. The molecule has 0 spiro atoms. The van der Waals surface area contributed by atoms with Crippen molar-refractivity contribution < 1.29 is 19.8 Å². The van der Waals surface area contributed by atoms with E-state index in [1.54, 1.807) is 24.3 Å². The monoisotopic (exact) mass is 724 g/mol. The van der Waals surface area contributed by atoms with Gasteiger partial charge in [0.25, 0.3) is 0 Å². The second-order valence-electron chi connectivity index (χ2n) is 15.0. The fourth-order valence-corrected chi connectivity index (χ4v) is 9.50. The molecular formula is C46H52N4O4. The van der Waals surface area contributed by atoms with E-state index in [1.165, 1.54) is 67.3 Å². The topological polar surface area (TPSA) is 138 Å². The molecule has 0 aliphatic carbocycles. The van der Waals surface area contributed by atoms with E-state index in [1.807, 2.05) is 24.3 Å². The Morgan fingerprint density at radius 1 is 0.481 bits per heavy atom. The van der Waals surface area contributed by atoms with Gasteiger partial charge in [-0.15, -0.1) is 0 Å². The minimum absolute atomic E-state index is 0.157. The van der Waals surface area contributed by atoms with E-state index < -0.39 is 11.9 Å². The number of nitrogens with one attached hydrogen (secondary N) is 4. The molecule has 5 heterocycles. The maximum Gasteiger partial charge on any atom is 0.335 e. The predicted molar refractivity (Wildman–Crippen MR) is 214 cm³/mol. The highest BCUT2D eigenvalue weighted by Crippen LogP contribution is 2.42. The summed E-state index contributed by atoms with van der Waals surface area (Å²) in [5, 5.41) is 19.5. The van der Waals surface area contributed by atoms with Gasteiger partial charge in [0, 0.05) is 58.4 Å². The Bertz CT molecular complexity index is 2100. The Morgan fingerprint density at radius 2 is 0.722 bits per heavy atom. The number of hydrogen-bond acceptors (Lipinski definition) is 2. The first-order chi connectivity index (χ1) is 25.9. The normalized spacial score (nSPS) is 15.5. The van der Waals surface area contributed by atoms with E-state index in [2.05, 4.69) is 75.3 Å². The van der Waals surface area contributed by atoms with Crippen molar-refractivity contribution >= 4 is 11.9 Å². The predicted octanol–water partition coefficient (Wildman–Crippen LogP) is 9.73. The summed E-state index contributed by atoms with van der Waals surface area (Å²) >= 11 is 0. The lowest BCUT2D eigenvalue weighted by Gasteiger charge is -2.19. The highest BCUT2D eigenvalue weighted by atomic mass is 16.4. The lowest BCUT2D eigenvalue weighted by molar-refractivity contribution is 0.0686. The van der Waals surface area contributed by atoms with Gasteiger partial charge in [0.15, 0.2) is 0 Å². The van der Waals surface area contributed by atoms with Gasteiger partial charge in [-0.3, -0.25) is 0 Å². The lowest BCUT2D eigenvalue weighted by Crippen LogP contribution is -2.09. The Morgan fingerprint density at radius 3 is 0.926 bits per heavy atom. The second-order valence-corrected chi connectivity index (χ2v) is 15.0. The van der Waals surface area contributed by atoms with Gasteiger partial charge < -0.3 is 30.1 Å². The lowest BCUT2D eigenvalue weighted by atomic mass is 9.86. The summed E-state index contributed by atoms with van der Waals surface area (Å²) in [4.78, 5) is 39.7. The van der Waals surface area contributed by atoms with E-state index in [0.29, 0.717) is 12.8 Å². The third kappa shape index (κ3) is 6.02. The summed E-state index contributed by atoms with van der Waals surface area (Å²) in [7, 11) is 0. The van der Waals surface area contributed by atoms with Crippen LogP contribution in [-0.2, 0) is 38.5 Å². The summed E-state index contributed by atoms with van der Waals surface area (Å²) in [5.41, 5.74) is 22.0. The molecule has 4 aromatic heterocycles. The molecule has 2 aromatic carbocycles. The van der Waals surface area contributed by atoms with Crippen LogP contribution in [0, 0.1) is 27.7 Å². The summed E-state index contributed by atoms with van der Waals surface area (Å²) in [5.74, 6) is -2.18. The SMILES string of the molecule is CCc1c2[nH]c(c1C)C(c1ccc(C(=O)O)cc1)c1[nH]c(c(CC)c1C)Cc1[nH]c(c(C)c1CC)C(c1ccc(C(=O)O)cc1)c1[nH]c(c(CC)c1C)C2. The molecule has 0 radical (unpaired) electrons. The number of carboxylic acids is 2. The molecule has 8 nitrogen and oxygen atoms in total. The number of aromatic carboxylic acids is 2. The zero-order valence-electron chi connectivity index (χ0n) is 32.7. The molecule has 8 heteroatoms. The number of benzene rings is 2. The number of carboxylic acid groups (broad SMARTS) is 2. The summed E-state index contributed by atoms with van der Waals surface area (Å²) in [6.07, 6.45) is 4.88. The number of carbonyl (C=O) groups is 2. The third-order valence-corrected chi connectivity index (χ3v) is 12.3. The summed E-state index contributed by atoms with van der Waals surface area (Å²) < 4.78 is 0. The maximum atomic E-state index is 11.9. The molecule has 0 saturated carbocycles. The van der Waals surface area contributed by atoms with Crippen molar-refractivity contribution in [2.75, 3.05) is 0 Å². The number of H-pyrrole nitrogens is 4. The minimum Gasteiger partial charge on any atom is -0.478 e. The third-order valence-electron chi connectivity index (χ3n) is 12.3. The summed E-state index contributed by atoms with van der Waals surface area (Å²) in [6, 6.07) is 14.8. The van der Waals surface area contributed by atoms with Crippen molar-refractivity contribution in [1.29, 1.82) is 0 Å². The van der Waals surface area contributed by atoms with Crippen molar-refractivity contribution in [1.82, 2.24) is 19.9 Å². The fourth-order valence-electron chi connectivity index (χ4n) is 9.50. The molecule has 0 unspecified atom stereocenters. The van der Waals surface area contributed by atoms with Gasteiger partial charge in [0.2, 0.25) is 0 Å². The number of aromatic nitrogens is 4. The van der Waals surface area contributed by atoms with Crippen molar-refractivity contribution in [3.8, 4) is 0 Å². The Hall–Kier alpha value is -5.50. The molecule has 7 rings (SSSR count). The zero-order valence-corrected chi connectivity index (χ0v) is 32.7. The van der Waals surface area contributed by atoms with Gasteiger partial charge in [0.1, 0.15) is 0 Å². The smallest absolute Gasteiger partial charge is 0.335 e. The van der Waals surface area contributed by atoms with Crippen molar-refractivity contribution in [2.45, 2.75) is 106 Å².